The van der Waals surface area contributed by atoms with E-state index >= 15 is 0 Å². The molecular weight excluding hydrogens is 207 g/mol. The van der Waals surface area contributed by atoms with Crippen LogP contribution < -0.4 is 4.90 Å². The van der Waals surface area contributed by atoms with Crippen LogP contribution in [0.3, 0.4) is 0 Å². The van der Waals surface area contributed by atoms with Crippen LogP contribution in [0.25, 0.3) is 0 Å². The van der Waals surface area contributed by atoms with Crippen LogP contribution in [0, 0.1) is 0 Å². The average molecular weight is 219 g/mol. The number of hydrogen-bond acceptors (Lipinski definition) is 2. The Labute approximate surface area is 88.5 Å². The number of aromatic nitrogens is 1. The first-order chi connectivity index (χ1) is 6.29. The smallest absolute Gasteiger partial charge is 0.147 e. The fourth-order valence-electron chi connectivity index (χ4n) is 1.13. The number of pyridine rings is 1. The van der Waals surface area contributed by atoms with Crippen molar-refractivity contribution in [2.24, 2.45) is 0 Å². The Morgan fingerprint density at radius 3 is 2.85 bits per heavy atom. The predicted octanol–water partition coefficient (Wildman–Crippen LogP) is 2.80. The number of halogens is 2. The molecular formula is C9H12Cl2N2. The summed E-state index contributed by atoms with van der Waals surface area (Å²) in [6.07, 6.45) is 1.73. The molecule has 4 heteroatoms. The van der Waals surface area contributed by atoms with Gasteiger partial charge in [-0.2, -0.15) is 0 Å². The predicted molar refractivity (Wildman–Crippen MR) is 57.9 cm³/mol. The number of hydrogen-bond donors (Lipinski definition) is 0. The van der Waals surface area contributed by atoms with Crippen molar-refractivity contribution < 1.29 is 0 Å². The third-order valence-corrected chi connectivity index (χ3v) is 2.24. The van der Waals surface area contributed by atoms with Gasteiger partial charge in [-0.1, -0.05) is 11.6 Å². The van der Waals surface area contributed by atoms with E-state index in [4.69, 9.17) is 23.2 Å². The molecule has 0 N–H and O–H groups in total. The van der Waals surface area contributed by atoms with E-state index < -0.39 is 0 Å². The van der Waals surface area contributed by atoms with Crippen LogP contribution in [0.15, 0.2) is 18.3 Å². The number of rotatable bonds is 4. The quantitative estimate of drug-likeness (QED) is 0.724. The first-order valence-electron chi connectivity index (χ1n) is 4.21. The van der Waals surface area contributed by atoms with Crippen molar-refractivity contribution in [1.82, 2.24) is 4.98 Å². The second-order valence-corrected chi connectivity index (χ2v) is 3.36. The minimum Gasteiger partial charge on any atom is -0.354 e. The minimum atomic E-state index is 0.584. The van der Waals surface area contributed by atoms with Crippen LogP contribution in [-0.4, -0.2) is 24.0 Å². The molecule has 0 aromatic carbocycles. The molecule has 13 heavy (non-hydrogen) atoms. The molecule has 0 unspecified atom stereocenters. The molecule has 2 nitrogen and oxygen atoms in total. The molecule has 0 aliphatic carbocycles. The minimum absolute atomic E-state index is 0.584. The lowest BCUT2D eigenvalue weighted by Crippen LogP contribution is -2.26. The molecule has 0 spiro atoms. The summed E-state index contributed by atoms with van der Waals surface area (Å²) in [5.74, 6) is 1.40. The summed E-state index contributed by atoms with van der Waals surface area (Å²) in [5.41, 5.74) is 0. The van der Waals surface area contributed by atoms with Gasteiger partial charge in [-0.05, 0) is 19.1 Å². The lowest BCUT2D eigenvalue weighted by molar-refractivity contribution is 0.850. The van der Waals surface area contributed by atoms with E-state index in [0.29, 0.717) is 10.9 Å². The molecule has 1 aromatic heterocycles. The van der Waals surface area contributed by atoms with Gasteiger partial charge >= 0.3 is 0 Å². The van der Waals surface area contributed by atoms with E-state index in [1.54, 1.807) is 6.20 Å². The lowest BCUT2D eigenvalue weighted by Gasteiger charge is -2.21. The summed E-state index contributed by atoms with van der Waals surface area (Å²) in [6.45, 7) is 3.69. The van der Waals surface area contributed by atoms with Crippen molar-refractivity contribution in [3.05, 3.63) is 23.4 Å². The Bertz CT molecular complexity index is 266. The Kier molecular flexibility index (Phi) is 4.33. The molecule has 72 valence electrons. The molecule has 1 heterocycles. The van der Waals surface area contributed by atoms with Gasteiger partial charge in [0.2, 0.25) is 0 Å². The molecule has 0 atom stereocenters. The summed E-state index contributed by atoms with van der Waals surface area (Å²) < 4.78 is 0. The largest absolute Gasteiger partial charge is 0.354 e. The van der Waals surface area contributed by atoms with E-state index in [2.05, 4.69) is 16.8 Å². The van der Waals surface area contributed by atoms with Crippen LogP contribution in [0.5, 0.6) is 0 Å². The maximum absolute atomic E-state index is 5.99. The second-order valence-electron chi connectivity index (χ2n) is 2.58. The van der Waals surface area contributed by atoms with Crippen LogP contribution in [0.2, 0.25) is 5.02 Å². The van der Waals surface area contributed by atoms with Crippen molar-refractivity contribution in [1.29, 1.82) is 0 Å². The summed E-state index contributed by atoms with van der Waals surface area (Å²) in [4.78, 5) is 6.25. The Morgan fingerprint density at radius 2 is 2.31 bits per heavy atom. The Morgan fingerprint density at radius 1 is 1.54 bits per heavy atom. The van der Waals surface area contributed by atoms with Crippen molar-refractivity contribution in [3.8, 4) is 0 Å². The third kappa shape index (κ3) is 2.75. The SMILES string of the molecule is CCN(CCCl)c1ncccc1Cl. The molecule has 0 saturated carbocycles. The third-order valence-electron chi connectivity index (χ3n) is 1.77. The molecule has 0 amide bonds. The van der Waals surface area contributed by atoms with Gasteiger partial charge in [-0.25, -0.2) is 4.98 Å². The highest BCUT2D eigenvalue weighted by Gasteiger charge is 2.07. The average Bonchev–Trinajstić information content (AvgIpc) is 2.16. The highest BCUT2D eigenvalue weighted by molar-refractivity contribution is 6.32. The van der Waals surface area contributed by atoms with Crippen LogP contribution in [0.1, 0.15) is 6.92 Å². The van der Waals surface area contributed by atoms with Gasteiger partial charge in [-0.15, -0.1) is 11.6 Å². The molecule has 0 aliphatic rings. The van der Waals surface area contributed by atoms with E-state index in [1.807, 2.05) is 12.1 Å². The molecule has 0 radical (unpaired) electrons. The van der Waals surface area contributed by atoms with Gasteiger partial charge in [0.05, 0.1) is 5.02 Å². The molecule has 0 saturated heterocycles. The summed E-state index contributed by atoms with van der Waals surface area (Å²) >= 11 is 11.7. The Hall–Kier alpha value is -0.470. The van der Waals surface area contributed by atoms with E-state index in [-0.39, 0.29) is 0 Å². The fraction of sp³-hybridized carbons (Fsp3) is 0.444. The van der Waals surface area contributed by atoms with Gasteiger partial charge in [0, 0.05) is 25.2 Å². The van der Waals surface area contributed by atoms with Crippen molar-refractivity contribution in [2.45, 2.75) is 6.92 Å². The normalized spacial score (nSPS) is 10.1. The first-order valence-corrected chi connectivity index (χ1v) is 5.12. The molecule has 1 rings (SSSR count). The number of anilines is 1. The zero-order valence-corrected chi connectivity index (χ0v) is 9.02. The van der Waals surface area contributed by atoms with Gasteiger partial charge in [-0.3, -0.25) is 0 Å². The molecule has 1 aromatic rings. The van der Waals surface area contributed by atoms with E-state index in [0.717, 1.165) is 18.9 Å². The first kappa shape index (κ1) is 10.6. The topological polar surface area (TPSA) is 16.1 Å². The van der Waals surface area contributed by atoms with Gasteiger partial charge in [0.1, 0.15) is 5.82 Å². The standard InChI is InChI=1S/C9H12Cl2N2/c1-2-13(7-5-10)9-8(11)4-3-6-12-9/h3-4,6H,2,5,7H2,1H3. The zero-order chi connectivity index (χ0) is 9.68. The van der Waals surface area contributed by atoms with Crippen LogP contribution in [0.4, 0.5) is 5.82 Å². The monoisotopic (exact) mass is 218 g/mol. The maximum Gasteiger partial charge on any atom is 0.147 e. The number of alkyl halides is 1. The number of nitrogens with zero attached hydrogens (tertiary/aromatic N) is 2. The summed E-state index contributed by atoms with van der Waals surface area (Å²) in [6, 6.07) is 3.65. The Balaban J connectivity index is 2.84. The van der Waals surface area contributed by atoms with E-state index in [1.165, 1.54) is 0 Å². The molecule has 0 aliphatic heterocycles. The maximum atomic E-state index is 5.99. The van der Waals surface area contributed by atoms with Gasteiger partial charge in [0.25, 0.3) is 0 Å². The summed E-state index contributed by atoms with van der Waals surface area (Å²) in [7, 11) is 0. The molecule has 0 fully saturated rings. The van der Waals surface area contributed by atoms with Crippen LogP contribution >= 0.6 is 23.2 Å². The van der Waals surface area contributed by atoms with Gasteiger partial charge in [0.15, 0.2) is 0 Å². The summed E-state index contributed by atoms with van der Waals surface area (Å²) in [5, 5.41) is 0.675. The van der Waals surface area contributed by atoms with Crippen molar-refractivity contribution >= 4 is 29.0 Å². The highest BCUT2D eigenvalue weighted by Crippen LogP contribution is 2.21. The van der Waals surface area contributed by atoms with Crippen molar-refractivity contribution in [3.63, 3.8) is 0 Å². The lowest BCUT2D eigenvalue weighted by atomic mass is 10.4. The highest BCUT2D eigenvalue weighted by atomic mass is 35.5. The fourth-order valence-corrected chi connectivity index (χ4v) is 1.57. The second kappa shape index (κ2) is 5.30. The molecule has 0 bridgehead atoms. The van der Waals surface area contributed by atoms with E-state index in [9.17, 15) is 0 Å². The van der Waals surface area contributed by atoms with Crippen LogP contribution in [-0.2, 0) is 0 Å². The van der Waals surface area contributed by atoms with Gasteiger partial charge < -0.3 is 4.90 Å². The zero-order valence-electron chi connectivity index (χ0n) is 7.50. The van der Waals surface area contributed by atoms with Crippen molar-refractivity contribution in [2.75, 3.05) is 23.9 Å².